The smallest absolute Gasteiger partial charge is 0.149 e. The summed E-state index contributed by atoms with van der Waals surface area (Å²) in [5.41, 5.74) is -0.194. The second-order valence-corrected chi connectivity index (χ2v) is 2.92. The zero-order chi connectivity index (χ0) is 6.91. The van der Waals surface area contributed by atoms with E-state index >= 15 is 0 Å². The third-order valence-corrected chi connectivity index (χ3v) is 2.15. The number of hydrogen-bond acceptors (Lipinski definition) is 2. The molecule has 0 unspecified atom stereocenters. The minimum Gasteiger partial charge on any atom is -0.305 e. The molecule has 0 aromatic heterocycles. The molecule has 0 aliphatic carbocycles. The van der Waals surface area contributed by atoms with Crippen LogP contribution in [0.5, 0.6) is 0 Å². The molecule has 0 aromatic rings. The standard InChI is InChI=1S/C7H13NO/c1-6(9)7(2)4-3-5-8-7/h8H,3-5H2,1-2H3/t7-/m0/s1. The van der Waals surface area contributed by atoms with Crippen molar-refractivity contribution >= 4 is 5.78 Å². The van der Waals surface area contributed by atoms with Gasteiger partial charge in [-0.15, -0.1) is 0 Å². The molecule has 1 atom stereocenters. The van der Waals surface area contributed by atoms with Crippen LogP contribution in [-0.4, -0.2) is 17.9 Å². The summed E-state index contributed by atoms with van der Waals surface area (Å²) in [6.45, 7) is 4.62. The minimum absolute atomic E-state index is 0.194. The predicted molar refractivity (Wildman–Crippen MR) is 36.3 cm³/mol. The molecule has 0 spiro atoms. The fourth-order valence-corrected chi connectivity index (χ4v) is 1.20. The molecular weight excluding hydrogens is 114 g/mol. The average molecular weight is 127 g/mol. The summed E-state index contributed by atoms with van der Waals surface area (Å²) in [6, 6.07) is 0. The summed E-state index contributed by atoms with van der Waals surface area (Å²) in [5.74, 6) is 0.264. The number of nitrogens with one attached hydrogen (secondary N) is 1. The Bertz CT molecular complexity index is 125. The Morgan fingerprint density at radius 3 is 2.56 bits per heavy atom. The molecule has 9 heavy (non-hydrogen) atoms. The van der Waals surface area contributed by atoms with Gasteiger partial charge in [-0.2, -0.15) is 0 Å². The highest BCUT2D eigenvalue weighted by atomic mass is 16.1. The molecule has 1 aliphatic heterocycles. The Labute approximate surface area is 55.6 Å². The van der Waals surface area contributed by atoms with E-state index in [1.807, 2.05) is 6.92 Å². The van der Waals surface area contributed by atoms with Crippen LogP contribution >= 0.6 is 0 Å². The van der Waals surface area contributed by atoms with Crippen molar-refractivity contribution in [3.8, 4) is 0 Å². The Morgan fingerprint density at radius 1 is 1.67 bits per heavy atom. The lowest BCUT2D eigenvalue weighted by Crippen LogP contribution is -2.42. The third kappa shape index (κ3) is 1.13. The number of hydrogen-bond donors (Lipinski definition) is 1. The molecular formula is C7H13NO. The van der Waals surface area contributed by atoms with Gasteiger partial charge in [-0.1, -0.05) is 0 Å². The second kappa shape index (κ2) is 2.10. The number of ketones is 1. The quantitative estimate of drug-likeness (QED) is 0.562. The van der Waals surface area contributed by atoms with Gasteiger partial charge in [0.05, 0.1) is 5.54 Å². The van der Waals surface area contributed by atoms with E-state index in [-0.39, 0.29) is 11.3 Å². The van der Waals surface area contributed by atoms with Gasteiger partial charge < -0.3 is 5.32 Å². The number of carbonyl (C=O) groups is 1. The fraction of sp³-hybridized carbons (Fsp3) is 0.857. The molecule has 0 radical (unpaired) electrons. The molecule has 0 saturated carbocycles. The maximum Gasteiger partial charge on any atom is 0.149 e. The Morgan fingerprint density at radius 2 is 2.33 bits per heavy atom. The van der Waals surface area contributed by atoms with E-state index in [1.165, 1.54) is 0 Å². The van der Waals surface area contributed by atoms with Gasteiger partial charge in [0.1, 0.15) is 5.78 Å². The monoisotopic (exact) mass is 127 g/mol. The van der Waals surface area contributed by atoms with E-state index in [0.717, 1.165) is 19.4 Å². The molecule has 52 valence electrons. The molecule has 2 nitrogen and oxygen atoms in total. The summed E-state index contributed by atoms with van der Waals surface area (Å²) in [6.07, 6.45) is 2.14. The van der Waals surface area contributed by atoms with Crippen LogP contribution in [0, 0.1) is 0 Å². The first kappa shape index (κ1) is 6.75. The molecule has 1 fully saturated rings. The maximum absolute atomic E-state index is 10.9. The van der Waals surface area contributed by atoms with Crippen molar-refractivity contribution in [3.63, 3.8) is 0 Å². The Hall–Kier alpha value is -0.370. The first-order valence-corrected chi connectivity index (χ1v) is 3.41. The number of carbonyl (C=O) groups excluding carboxylic acids is 1. The summed E-state index contributed by atoms with van der Waals surface area (Å²) >= 11 is 0. The Balaban J connectivity index is 2.61. The molecule has 0 aromatic carbocycles. The molecule has 1 saturated heterocycles. The lowest BCUT2D eigenvalue weighted by Gasteiger charge is -2.19. The van der Waals surface area contributed by atoms with E-state index in [1.54, 1.807) is 6.92 Å². The van der Waals surface area contributed by atoms with Gasteiger partial charge in [-0.05, 0) is 33.2 Å². The lowest BCUT2D eigenvalue weighted by atomic mass is 9.96. The first-order valence-electron chi connectivity index (χ1n) is 3.41. The van der Waals surface area contributed by atoms with Crippen LogP contribution in [0.4, 0.5) is 0 Å². The van der Waals surface area contributed by atoms with Crippen LogP contribution in [0.1, 0.15) is 26.7 Å². The average Bonchev–Trinajstić information content (AvgIpc) is 2.16. The maximum atomic E-state index is 10.9. The second-order valence-electron chi connectivity index (χ2n) is 2.92. The van der Waals surface area contributed by atoms with Crippen molar-refractivity contribution in [2.24, 2.45) is 0 Å². The highest BCUT2D eigenvalue weighted by Crippen LogP contribution is 2.18. The lowest BCUT2D eigenvalue weighted by molar-refractivity contribution is -0.122. The Kier molecular flexibility index (Phi) is 1.58. The van der Waals surface area contributed by atoms with Crippen molar-refractivity contribution in [2.75, 3.05) is 6.54 Å². The summed E-state index contributed by atoms with van der Waals surface area (Å²) in [7, 11) is 0. The summed E-state index contributed by atoms with van der Waals surface area (Å²) in [4.78, 5) is 10.9. The fourth-order valence-electron chi connectivity index (χ4n) is 1.20. The van der Waals surface area contributed by atoms with Crippen LogP contribution in [-0.2, 0) is 4.79 Å². The molecule has 1 N–H and O–H groups in total. The number of Topliss-reactive ketones (excluding diaryl/α,β-unsaturated/α-hetero) is 1. The normalized spacial score (nSPS) is 34.9. The van der Waals surface area contributed by atoms with Gasteiger partial charge in [0.2, 0.25) is 0 Å². The molecule has 1 heterocycles. The van der Waals surface area contributed by atoms with Crippen molar-refractivity contribution in [2.45, 2.75) is 32.2 Å². The molecule has 1 rings (SSSR count). The van der Waals surface area contributed by atoms with Gasteiger partial charge in [-0.25, -0.2) is 0 Å². The van der Waals surface area contributed by atoms with E-state index < -0.39 is 0 Å². The van der Waals surface area contributed by atoms with Crippen LogP contribution in [0.2, 0.25) is 0 Å². The van der Waals surface area contributed by atoms with Crippen molar-refractivity contribution in [1.82, 2.24) is 5.32 Å². The predicted octanol–water partition coefficient (Wildman–Crippen LogP) is 0.718. The van der Waals surface area contributed by atoms with Gasteiger partial charge >= 0.3 is 0 Å². The van der Waals surface area contributed by atoms with Gasteiger partial charge in [-0.3, -0.25) is 4.79 Å². The van der Waals surface area contributed by atoms with Crippen LogP contribution < -0.4 is 5.32 Å². The van der Waals surface area contributed by atoms with Gasteiger partial charge in [0.25, 0.3) is 0 Å². The van der Waals surface area contributed by atoms with Crippen LogP contribution in [0.15, 0.2) is 0 Å². The summed E-state index contributed by atoms with van der Waals surface area (Å²) < 4.78 is 0. The largest absolute Gasteiger partial charge is 0.305 e. The first-order chi connectivity index (χ1) is 4.15. The SMILES string of the molecule is CC(=O)[C@]1(C)CCCN1. The topological polar surface area (TPSA) is 29.1 Å². The van der Waals surface area contributed by atoms with E-state index in [0.29, 0.717) is 0 Å². The zero-order valence-corrected chi connectivity index (χ0v) is 6.03. The van der Waals surface area contributed by atoms with Crippen molar-refractivity contribution in [1.29, 1.82) is 0 Å². The van der Waals surface area contributed by atoms with Crippen LogP contribution in [0.3, 0.4) is 0 Å². The molecule has 0 amide bonds. The van der Waals surface area contributed by atoms with Crippen molar-refractivity contribution in [3.05, 3.63) is 0 Å². The highest BCUT2D eigenvalue weighted by molar-refractivity contribution is 5.85. The zero-order valence-electron chi connectivity index (χ0n) is 6.03. The van der Waals surface area contributed by atoms with E-state index in [9.17, 15) is 4.79 Å². The molecule has 0 bridgehead atoms. The van der Waals surface area contributed by atoms with Crippen molar-refractivity contribution < 1.29 is 4.79 Å². The van der Waals surface area contributed by atoms with E-state index in [4.69, 9.17) is 0 Å². The molecule has 2 heteroatoms. The highest BCUT2D eigenvalue weighted by Gasteiger charge is 2.32. The third-order valence-electron chi connectivity index (χ3n) is 2.15. The minimum atomic E-state index is -0.194. The molecule has 1 aliphatic rings. The number of rotatable bonds is 1. The van der Waals surface area contributed by atoms with Gasteiger partial charge in [0, 0.05) is 0 Å². The van der Waals surface area contributed by atoms with Gasteiger partial charge in [0.15, 0.2) is 0 Å². The van der Waals surface area contributed by atoms with E-state index in [2.05, 4.69) is 5.32 Å². The van der Waals surface area contributed by atoms with Crippen LogP contribution in [0.25, 0.3) is 0 Å². The summed E-state index contributed by atoms with van der Waals surface area (Å²) in [5, 5.41) is 3.18.